The van der Waals surface area contributed by atoms with Gasteiger partial charge in [0.05, 0.1) is 35.8 Å². The molecule has 2 amide bonds. The molecule has 7 nitrogen and oxygen atoms in total. The Balaban J connectivity index is 1.86. The largest absolute Gasteiger partial charge is 0.465 e. The first-order chi connectivity index (χ1) is 18.6. The number of esters is 1. The number of hydrogen-bond acceptors (Lipinski definition) is 6. The Morgan fingerprint density at radius 1 is 1.26 bits per heavy atom. The highest BCUT2D eigenvalue weighted by atomic mass is 32.2. The van der Waals surface area contributed by atoms with Crippen LogP contribution in [0.1, 0.15) is 44.7 Å². The standard InChI is InChI=1S/C31H42N2O5S/c1-8-10-15-38-30(37)24-23-16-21(7)31(39-23)25(24)28(35)33(22(17-34)18(3)4)27(31)29(36)32(14-9-2)26-19(5)12-11-13-20(26)6/h8-9,11-13,18,21-25,27,34H,1-2,10,14-17H2,3-7H3/t21?,22-,23-,24+,25-,27?,31?/m0/s1. The quantitative estimate of drug-likeness (QED) is 0.249. The van der Waals surface area contributed by atoms with E-state index in [-0.39, 0.29) is 54.6 Å². The van der Waals surface area contributed by atoms with E-state index in [1.807, 2.05) is 45.9 Å². The summed E-state index contributed by atoms with van der Waals surface area (Å²) in [6.45, 7) is 17.8. The van der Waals surface area contributed by atoms with Gasteiger partial charge in [0.2, 0.25) is 5.91 Å². The molecule has 0 radical (unpaired) electrons. The maximum absolute atomic E-state index is 14.9. The fourth-order valence-electron chi connectivity index (χ4n) is 7.12. The number of carbonyl (C=O) groups excluding carboxylic acids is 3. The van der Waals surface area contributed by atoms with Gasteiger partial charge in [0.1, 0.15) is 6.04 Å². The summed E-state index contributed by atoms with van der Waals surface area (Å²) in [6.07, 6.45) is 4.66. The van der Waals surface area contributed by atoms with Crippen LogP contribution in [0.5, 0.6) is 0 Å². The second-order valence-electron chi connectivity index (χ2n) is 11.5. The molecular weight excluding hydrogens is 512 g/mol. The summed E-state index contributed by atoms with van der Waals surface area (Å²) in [7, 11) is 0. The maximum Gasteiger partial charge on any atom is 0.310 e. The molecule has 0 aliphatic carbocycles. The molecule has 212 valence electrons. The Kier molecular flexibility index (Phi) is 8.67. The first-order valence-corrected chi connectivity index (χ1v) is 14.8. The highest BCUT2D eigenvalue weighted by Gasteiger charge is 2.77. The van der Waals surface area contributed by atoms with E-state index < -0.39 is 28.7 Å². The third kappa shape index (κ3) is 4.63. The molecule has 4 rings (SSSR count). The van der Waals surface area contributed by atoms with E-state index in [0.717, 1.165) is 23.2 Å². The number of likely N-dealkylation sites (tertiary alicyclic amines) is 1. The number of para-hydroxylation sites is 1. The molecule has 2 bridgehead atoms. The van der Waals surface area contributed by atoms with E-state index in [0.29, 0.717) is 6.42 Å². The van der Waals surface area contributed by atoms with Crippen LogP contribution in [0.2, 0.25) is 0 Å². The van der Waals surface area contributed by atoms with Crippen LogP contribution < -0.4 is 4.90 Å². The van der Waals surface area contributed by atoms with E-state index in [9.17, 15) is 19.5 Å². The van der Waals surface area contributed by atoms with Gasteiger partial charge in [0.25, 0.3) is 5.91 Å². The third-order valence-corrected chi connectivity index (χ3v) is 10.9. The Morgan fingerprint density at radius 2 is 1.92 bits per heavy atom. The van der Waals surface area contributed by atoms with Crippen molar-refractivity contribution in [2.75, 3.05) is 24.7 Å². The molecule has 1 aromatic rings. The van der Waals surface area contributed by atoms with Crippen LogP contribution in [-0.2, 0) is 19.1 Å². The lowest BCUT2D eigenvalue weighted by Crippen LogP contribution is -2.60. The fourth-order valence-corrected chi connectivity index (χ4v) is 9.51. The average Bonchev–Trinajstić information content (AvgIpc) is 3.47. The number of nitrogens with zero attached hydrogens (tertiary/aromatic N) is 2. The van der Waals surface area contributed by atoms with E-state index in [1.165, 1.54) is 0 Å². The van der Waals surface area contributed by atoms with E-state index in [2.05, 4.69) is 20.1 Å². The number of amides is 2. The molecule has 3 fully saturated rings. The number of aliphatic hydroxyl groups excluding tert-OH is 1. The van der Waals surface area contributed by atoms with Crippen molar-refractivity contribution in [3.8, 4) is 0 Å². The van der Waals surface area contributed by atoms with Crippen LogP contribution in [0.3, 0.4) is 0 Å². The zero-order chi connectivity index (χ0) is 28.6. The van der Waals surface area contributed by atoms with Crippen molar-refractivity contribution in [3.63, 3.8) is 0 Å². The second kappa shape index (κ2) is 11.5. The number of thioether (sulfide) groups is 1. The van der Waals surface area contributed by atoms with Gasteiger partial charge in [0, 0.05) is 17.5 Å². The van der Waals surface area contributed by atoms with Gasteiger partial charge < -0.3 is 19.6 Å². The van der Waals surface area contributed by atoms with Crippen molar-refractivity contribution >= 4 is 35.2 Å². The topological polar surface area (TPSA) is 87.2 Å². The number of carbonyl (C=O) groups is 3. The van der Waals surface area contributed by atoms with E-state index in [4.69, 9.17) is 4.74 Å². The van der Waals surface area contributed by atoms with Crippen molar-refractivity contribution in [1.82, 2.24) is 4.90 Å². The van der Waals surface area contributed by atoms with Gasteiger partial charge in [-0.15, -0.1) is 24.9 Å². The summed E-state index contributed by atoms with van der Waals surface area (Å²) in [5.74, 6) is -2.17. The van der Waals surface area contributed by atoms with Gasteiger partial charge in [-0.1, -0.05) is 51.1 Å². The Hall–Kier alpha value is -2.58. The molecule has 1 aromatic carbocycles. The highest BCUT2D eigenvalue weighted by Crippen LogP contribution is 2.69. The lowest BCUT2D eigenvalue weighted by Gasteiger charge is -2.43. The monoisotopic (exact) mass is 554 g/mol. The Bertz CT molecular complexity index is 1130. The first-order valence-electron chi connectivity index (χ1n) is 13.9. The number of aliphatic hydroxyl groups is 1. The molecule has 0 aromatic heterocycles. The van der Waals surface area contributed by atoms with Gasteiger partial charge in [-0.25, -0.2) is 0 Å². The summed E-state index contributed by atoms with van der Waals surface area (Å²) in [5, 5.41) is 10.4. The van der Waals surface area contributed by atoms with Crippen LogP contribution in [0.15, 0.2) is 43.5 Å². The fraction of sp³-hybridized carbons (Fsp3) is 0.581. The number of aryl methyl sites for hydroxylation is 2. The van der Waals surface area contributed by atoms with Crippen molar-refractivity contribution in [1.29, 1.82) is 0 Å². The molecule has 1 N–H and O–H groups in total. The van der Waals surface area contributed by atoms with E-state index in [1.54, 1.807) is 33.7 Å². The summed E-state index contributed by atoms with van der Waals surface area (Å²) < 4.78 is 4.81. The third-order valence-electron chi connectivity index (χ3n) is 8.86. The smallest absolute Gasteiger partial charge is 0.310 e. The summed E-state index contributed by atoms with van der Waals surface area (Å²) in [5.41, 5.74) is 2.72. The average molecular weight is 555 g/mol. The molecule has 3 heterocycles. The van der Waals surface area contributed by atoms with Crippen molar-refractivity contribution in [2.24, 2.45) is 23.7 Å². The number of ether oxygens (including phenoxy) is 1. The molecule has 8 heteroatoms. The molecule has 39 heavy (non-hydrogen) atoms. The number of benzene rings is 1. The predicted octanol–water partition coefficient (Wildman–Crippen LogP) is 4.30. The van der Waals surface area contributed by atoms with Crippen molar-refractivity contribution < 1.29 is 24.2 Å². The van der Waals surface area contributed by atoms with Gasteiger partial charge in [-0.2, -0.15) is 0 Å². The molecule has 3 aliphatic rings. The van der Waals surface area contributed by atoms with Crippen molar-refractivity contribution in [2.45, 2.75) is 69.5 Å². The number of anilines is 1. The number of hydrogen-bond donors (Lipinski definition) is 1. The predicted molar refractivity (Wildman–Crippen MR) is 155 cm³/mol. The lowest BCUT2D eigenvalue weighted by molar-refractivity contribution is -0.155. The Morgan fingerprint density at radius 3 is 2.49 bits per heavy atom. The van der Waals surface area contributed by atoms with Gasteiger partial charge in [0.15, 0.2) is 0 Å². The lowest BCUT2D eigenvalue weighted by atomic mass is 9.66. The SMILES string of the molecule is C=CCCOC(=O)[C@@H]1[C@@H]2CC(C)C3(S2)C(C(=O)N(CC=C)c2c(C)cccc2C)N([C@@H](CO)C(C)C)C(=O)[C@H]13. The molecule has 1 spiro atoms. The highest BCUT2D eigenvalue weighted by molar-refractivity contribution is 8.02. The zero-order valence-electron chi connectivity index (χ0n) is 23.8. The minimum absolute atomic E-state index is 0.0210. The molecule has 3 aliphatic heterocycles. The van der Waals surface area contributed by atoms with E-state index >= 15 is 0 Å². The van der Waals surface area contributed by atoms with Crippen LogP contribution in [-0.4, -0.2) is 69.6 Å². The summed E-state index contributed by atoms with van der Waals surface area (Å²) >= 11 is 1.62. The first kappa shape index (κ1) is 29.4. The van der Waals surface area contributed by atoms with Crippen LogP contribution in [0.4, 0.5) is 5.69 Å². The van der Waals surface area contributed by atoms with Crippen LogP contribution in [0, 0.1) is 37.5 Å². The van der Waals surface area contributed by atoms with Gasteiger partial charge in [-0.3, -0.25) is 14.4 Å². The summed E-state index contributed by atoms with van der Waals surface area (Å²) in [4.78, 5) is 46.1. The normalized spacial score (nSPS) is 29.9. The van der Waals surface area contributed by atoms with Crippen molar-refractivity contribution in [3.05, 3.63) is 54.6 Å². The number of fused-ring (bicyclic) bond motifs is 1. The number of rotatable bonds is 11. The Labute approximate surface area is 236 Å². The summed E-state index contributed by atoms with van der Waals surface area (Å²) in [6, 6.07) is 4.53. The minimum atomic E-state index is -0.829. The molecule has 0 saturated carbocycles. The molecule has 3 saturated heterocycles. The zero-order valence-corrected chi connectivity index (χ0v) is 24.6. The minimum Gasteiger partial charge on any atom is -0.465 e. The van der Waals surface area contributed by atoms with Crippen LogP contribution in [0.25, 0.3) is 0 Å². The van der Waals surface area contributed by atoms with Gasteiger partial charge in [-0.05, 0) is 49.7 Å². The molecule has 3 unspecified atom stereocenters. The molecular formula is C31H42N2O5S. The van der Waals surface area contributed by atoms with Gasteiger partial charge >= 0.3 is 5.97 Å². The second-order valence-corrected chi connectivity index (χ2v) is 13.1. The molecule has 7 atom stereocenters. The maximum atomic E-state index is 14.9. The van der Waals surface area contributed by atoms with Crippen LogP contribution >= 0.6 is 11.8 Å².